The van der Waals surface area contributed by atoms with Crippen molar-refractivity contribution in [1.82, 2.24) is 4.98 Å². The fraction of sp³-hybridized carbons (Fsp3) is 0.200. The highest BCUT2D eigenvalue weighted by Gasteiger charge is 2.29. The lowest BCUT2D eigenvalue weighted by atomic mass is 9.81. The van der Waals surface area contributed by atoms with E-state index in [1.54, 1.807) is 31.4 Å². The van der Waals surface area contributed by atoms with Crippen LogP contribution in [0.25, 0.3) is 0 Å². The Morgan fingerprint density at radius 2 is 1.76 bits per heavy atom. The summed E-state index contributed by atoms with van der Waals surface area (Å²) in [5, 5.41) is 11.5. The van der Waals surface area contributed by atoms with Gasteiger partial charge >= 0.3 is 5.97 Å². The van der Waals surface area contributed by atoms with Crippen molar-refractivity contribution in [3.63, 3.8) is 0 Å². The molecule has 1 aliphatic rings. The summed E-state index contributed by atoms with van der Waals surface area (Å²) in [6.07, 6.45) is 0.630. The Morgan fingerprint density at radius 3 is 2.39 bits per heavy atom. The molecule has 0 spiro atoms. The molecule has 3 N–H and O–H groups in total. The van der Waals surface area contributed by atoms with Crippen LogP contribution in [0.2, 0.25) is 0 Å². The largest absolute Gasteiger partial charge is 0.497 e. The predicted molar refractivity (Wildman–Crippen MR) is 121 cm³/mol. The smallest absolute Gasteiger partial charge is 0.307 e. The number of carbonyl (C=O) groups excluding carboxylic acids is 2. The van der Waals surface area contributed by atoms with E-state index in [-0.39, 0.29) is 30.1 Å². The molecule has 1 aromatic heterocycles. The Kier molecular flexibility index (Phi) is 6.08. The monoisotopic (exact) mass is 446 g/mol. The molecule has 1 amide bonds. The number of amides is 1. The number of hydrogen-bond acceptors (Lipinski definition) is 5. The van der Waals surface area contributed by atoms with Crippen LogP contribution >= 0.6 is 0 Å². The van der Waals surface area contributed by atoms with Crippen LogP contribution in [0.1, 0.15) is 49.9 Å². The maximum absolute atomic E-state index is 12.8. The number of ether oxygens (including phenoxy) is 1. The number of ketones is 1. The second-order valence-corrected chi connectivity index (χ2v) is 7.93. The van der Waals surface area contributed by atoms with Crippen molar-refractivity contribution in [2.45, 2.75) is 25.2 Å². The number of anilines is 1. The van der Waals surface area contributed by atoms with Crippen molar-refractivity contribution < 1.29 is 24.2 Å². The maximum atomic E-state index is 12.8. The third-order valence-electron chi connectivity index (χ3n) is 5.70. The van der Waals surface area contributed by atoms with Crippen LogP contribution in [0.15, 0.2) is 59.4 Å². The van der Waals surface area contributed by atoms with Crippen molar-refractivity contribution in [3.05, 3.63) is 92.9 Å². The molecule has 1 heterocycles. The van der Waals surface area contributed by atoms with Gasteiger partial charge < -0.3 is 20.1 Å². The molecule has 1 aliphatic carbocycles. The number of Topliss-reactive ketones (excluding diaryl/α,β-unsaturated/α-hetero) is 1. The SMILES string of the molecule is COc1ccc([C@@H]2CC(=O)c3cc(C(=O)Nc4ccc(CC(=O)O)cc4)c(=O)[nH]c3C2)cc1. The molecule has 0 bridgehead atoms. The zero-order valence-electron chi connectivity index (χ0n) is 17.9. The number of carbonyl (C=O) groups is 3. The summed E-state index contributed by atoms with van der Waals surface area (Å²) < 4.78 is 5.17. The fourth-order valence-corrected chi connectivity index (χ4v) is 3.99. The van der Waals surface area contributed by atoms with E-state index < -0.39 is 17.4 Å². The molecule has 8 nitrogen and oxygen atoms in total. The van der Waals surface area contributed by atoms with Gasteiger partial charge in [-0.25, -0.2) is 0 Å². The number of rotatable bonds is 6. The summed E-state index contributed by atoms with van der Waals surface area (Å²) in [4.78, 5) is 51.6. The van der Waals surface area contributed by atoms with E-state index in [9.17, 15) is 19.2 Å². The highest BCUT2D eigenvalue weighted by Crippen LogP contribution is 2.32. The molecule has 0 saturated carbocycles. The highest BCUT2D eigenvalue weighted by molar-refractivity contribution is 6.06. The van der Waals surface area contributed by atoms with E-state index >= 15 is 0 Å². The lowest BCUT2D eigenvalue weighted by Gasteiger charge is -2.24. The molecule has 4 rings (SSSR count). The number of nitrogens with one attached hydrogen (secondary N) is 2. The number of aromatic amines is 1. The molecule has 1 atom stereocenters. The van der Waals surface area contributed by atoms with E-state index in [1.165, 1.54) is 6.07 Å². The first-order chi connectivity index (χ1) is 15.8. The van der Waals surface area contributed by atoms with Gasteiger partial charge in [0.05, 0.1) is 13.5 Å². The lowest BCUT2D eigenvalue weighted by Crippen LogP contribution is -2.29. The van der Waals surface area contributed by atoms with Gasteiger partial charge in [0.25, 0.3) is 11.5 Å². The van der Waals surface area contributed by atoms with Crippen LogP contribution in [0, 0.1) is 0 Å². The average molecular weight is 446 g/mol. The standard InChI is InChI=1S/C25H22N2O6/c1-33-18-8-4-15(5-9-18)16-11-21-19(22(28)12-16)13-20(25(32)27-21)24(31)26-17-6-2-14(3-7-17)10-23(29)30/h2-9,13,16H,10-12H2,1H3,(H,26,31)(H,27,32)(H,29,30)/t16-/m0/s1. The van der Waals surface area contributed by atoms with Gasteiger partial charge in [0.2, 0.25) is 0 Å². The van der Waals surface area contributed by atoms with Crippen LogP contribution in [-0.4, -0.2) is 34.9 Å². The van der Waals surface area contributed by atoms with E-state index in [1.807, 2.05) is 24.3 Å². The summed E-state index contributed by atoms with van der Waals surface area (Å²) in [5.41, 5.74) is 2.12. The molecule has 0 unspecified atom stereocenters. The Bertz CT molecular complexity index is 1280. The molecule has 0 saturated heterocycles. The summed E-state index contributed by atoms with van der Waals surface area (Å²) in [5.74, 6) is -1.08. The Hall–Kier alpha value is -4.20. The van der Waals surface area contributed by atoms with E-state index in [0.29, 0.717) is 28.9 Å². The van der Waals surface area contributed by atoms with Crippen LogP contribution in [-0.2, 0) is 17.6 Å². The molecule has 168 valence electrons. The number of fused-ring (bicyclic) bond motifs is 1. The molecular weight excluding hydrogens is 424 g/mol. The first-order valence-corrected chi connectivity index (χ1v) is 10.4. The quantitative estimate of drug-likeness (QED) is 0.534. The maximum Gasteiger partial charge on any atom is 0.307 e. The number of benzene rings is 2. The van der Waals surface area contributed by atoms with Crippen molar-refractivity contribution >= 4 is 23.3 Å². The minimum absolute atomic E-state index is 0.0736. The molecule has 33 heavy (non-hydrogen) atoms. The van der Waals surface area contributed by atoms with Crippen molar-refractivity contribution in [3.8, 4) is 5.75 Å². The van der Waals surface area contributed by atoms with E-state index in [4.69, 9.17) is 9.84 Å². The van der Waals surface area contributed by atoms with Crippen molar-refractivity contribution in [2.75, 3.05) is 12.4 Å². The predicted octanol–water partition coefficient (Wildman–Crippen LogP) is 3.18. The van der Waals surface area contributed by atoms with Gasteiger partial charge in [-0.05, 0) is 53.8 Å². The molecule has 8 heteroatoms. The number of methoxy groups -OCH3 is 1. The van der Waals surface area contributed by atoms with Gasteiger partial charge in [-0.3, -0.25) is 19.2 Å². The van der Waals surface area contributed by atoms with Gasteiger partial charge in [-0.15, -0.1) is 0 Å². The van der Waals surface area contributed by atoms with Crippen molar-refractivity contribution in [2.24, 2.45) is 0 Å². The topological polar surface area (TPSA) is 126 Å². The minimum Gasteiger partial charge on any atom is -0.497 e. The first-order valence-electron chi connectivity index (χ1n) is 10.4. The van der Waals surface area contributed by atoms with Gasteiger partial charge in [-0.2, -0.15) is 0 Å². The molecular formula is C25H22N2O6. The molecule has 0 radical (unpaired) electrons. The minimum atomic E-state index is -0.953. The van der Waals surface area contributed by atoms with Gasteiger partial charge in [0.1, 0.15) is 11.3 Å². The fourth-order valence-electron chi connectivity index (χ4n) is 3.99. The number of aliphatic carboxylic acids is 1. The zero-order valence-corrected chi connectivity index (χ0v) is 17.9. The normalized spacial score (nSPS) is 14.9. The zero-order chi connectivity index (χ0) is 23.5. The highest BCUT2D eigenvalue weighted by atomic mass is 16.5. The number of H-pyrrole nitrogens is 1. The Labute approximate surface area is 189 Å². The second-order valence-electron chi connectivity index (χ2n) is 7.93. The number of aromatic nitrogens is 1. The Morgan fingerprint density at radius 1 is 1.06 bits per heavy atom. The first kappa shape index (κ1) is 22.0. The number of hydrogen-bond donors (Lipinski definition) is 3. The number of carboxylic acid groups (broad SMARTS) is 1. The van der Waals surface area contributed by atoms with Crippen LogP contribution in [0.3, 0.4) is 0 Å². The average Bonchev–Trinajstić information content (AvgIpc) is 2.79. The van der Waals surface area contributed by atoms with Gasteiger partial charge in [-0.1, -0.05) is 24.3 Å². The van der Waals surface area contributed by atoms with E-state index in [2.05, 4.69) is 10.3 Å². The van der Waals surface area contributed by atoms with Gasteiger partial charge in [0.15, 0.2) is 5.78 Å². The number of carboxylic acids is 1. The van der Waals surface area contributed by atoms with E-state index in [0.717, 1.165) is 11.3 Å². The van der Waals surface area contributed by atoms with Crippen molar-refractivity contribution in [1.29, 1.82) is 0 Å². The molecule has 2 aromatic carbocycles. The Balaban J connectivity index is 1.53. The van der Waals surface area contributed by atoms with Crippen LogP contribution < -0.4 is 15.6 Å². The second kappa shape index (κ2) is 9.12. The molecule has 3 aromatic rings. The van der Waals surface area contributed by atoms with Gasteiger partial charge in [0, 0.05) is 23.4 Å². The third kappa shape index (κ3) is 4.85. The third-order valence-corrected chi connectivity index (χ3v) is 5.70. The van der Waals surface area contributed by atoms with Crippen LogP contribution in [0.4, 0.5) is 5.69 Å². The number of pyridine rings is 1. The summed E-state index contributed by atoms with van der Waals surface area (Å²) in [7, 11) is 1.59. The summed E-state index contributed by atoms with van der Waals surface area (Å²) in [6, 6.07) is 15.1. The molecule has 0 fully saturated rings. The summed E-state index contributed by atoms with van der Waals surface area (Å²) in [6.45, 7) is 0. The van der Waals surface area contributed by atoms with Crippen LogP contribution in [0.5, 0.6) is 5.75 Å². The summed E-state index contributed by atoms with van der Waals surface area (Å²) >= 11 is 0. The lowest BCUT2D eigenvalue weighted by molar-refractivity contribution is -0.136. The molecule has 0 aliphatic heterocycles.